The molecule has 1 fully saturated rings. The monoisotopic (exact) mass is 373 g/mol. The number of carbonyl (C=O) groups excluding carboxylic acids is 1. The van der Waals surface area contributed by atoms with Crippen molar-refractivity contribution >= 4 is 27.5 Å². The second kappa shape index (κ2) is 9.36. The predicted molar refractivity (Wildman–Crippen MR) is 95.7 cm³/mol. The number of nitrogens with zero attached hydrogens (tertiary/aromatic N) is 2. The Bertz CT molecular complexity index is 617. The first-order valence-electron chi connectivity index (χ1n) is 8.08. The highest BCUT2D eigenvalue weighted by Gasteiger charge is 2.26. The van der Waals surface area contributed by atoms with Crippen LogP contribution in [0.5, 0.6) is 0 Å². The first-order valence-corrected chi connectivity index (χ1v) is 10.2. The normalized spacial score (nSPS) is 16.9. The molecule has 24 heavy (non-hydrogen) atoms. The summed E-state index contributed by atoms with van der Waals surface area (Å²) < 4.78 is 26.0. The highest BCUT2D eigenvalue weighted by Crippen LogP contribution is 2.09. The third kappa shape index (κ3) is 6.05. The van der Waals surface area contributed by atoms with E-state index in [1.54, 1.807) is 0 Å². The summed E-state index contributed by atoms with van der Waals surface area (Å²) in [6.45, 7) is 3.51. The van der Waals surface area contributed by atoms with Gasteiger partial charge in [0.2, 0.25) is 15.9 Å². The molecule has 1 saturated heterocycles. The molecule has 1 aromatic carbocycles. The molecule has 0 radical (unpaired) electrons. The molecule has 0 saturated carbocycles. The summed E-state index contributed by atoms with van der Waals surface area (Å²) in [5.74, 6) is -0.586. The molecule has 8 heteroatoms. The smallest absolute Gasteiger partial charge is 0.234 e. The summed E-state index contributed by atoms with van der Waals surface area (Å²) in [5, 5.41) is 2.49. The number of carbonyl (C=O) groups is 1. The van der Waals surface area contributed by atoms with Gasteiger partial charge in [0.25, 0.3) is 0 Å². The fourth-order valence-electron chi connectivity index (χ4n) is 2.66. The Morgan fingerprint density at radius 2 is 1.79 bits per heavy atom. The van der Waals surface area contributed by atoms with Crippen LogP contribution in [0.1, 0.15) is 5.56 Å². The van der Waals surface area contributed by atoms with Crippen molar-refractivity contribution in [1.82, 2.24) is 14.5 Å². The number of nitrogens with one attached hydrogen (secondary N) is 1. The van der Waals surface area contributed by atoms with Crippen molar-refractivity contribution in [2.45, 2.75) is 6.42 Å². The van der Waals surface area contributed by atoms with Crippen molar-refractivity contribution < 1.29 is 13.2 Å². The summed E-state index contributed by atoms with van der Waals surface area (Å²) in [6, 6.07) is 10.3. The third-order valence-electron chi connectivity index (χ3n) is 4.09. The number of amides is 1. The molecule has 1 aromatic rings. The van der Waals surface area contributed by atoms with Gasteiger partial charge in [0.15, 0.2) is 0 Å². The molecular weight excluding hydrogens is 350 g/mol. The third-order valence-corrected chi connectivity index (χ3v) is 6.20. The van der Waals surface area contributed by atoms with E-state index in [1.807, 2.05) is 18.2 Å². The number of piperazine rings is 1. The molecule has 1 N–H and O–H groups in total. The molecule has 2 rings (SSSR count). The SMILES string of the molecule is O=C(CCl)NCCS(=O)(=O)N1CCN(CCc2ccccc2)CC1. The molecule has 134 valence electrons. The fraction of sp³-hybridized carbons (Fsp3) is 0.562. The molecule has 6 nitrogen and oxygen atoms in total. The Labute approximate surface area is 148 Å². The average Bonchev–Trinajstić information content (AvgIpc) is 2.61. The van der Waals surface area contributed by atoms with E-state index < -0.39 is 10.0 Å². The van der Waals surface area contributed by atoms with Gasteiger partial charge in [-0.25, -0.2) is 8.42 Å². The van der Waals surface area contributed by atoms with E-state index in [0.717, 1.165) is 26.1 Å². The summed E-state index contributed by atoms with van der Waals surface area (Å²) in [4.78, 5) is 13.3. The van der Waals surface area contributed by atoms with Gasteiger partial charge in [0.1, 0.15) is 5.88 Å². The van der Waals surface area contributed by atoms with Crippen LogP contribution in [-0.4, -0.2) is 74.4 Å². The highest BCUT2D eigenvalue weighted by molar-refractivity contribution is 7.89. The Hall–Kier alpha value is -1.15. The van der Waals surface area contributed by atoms with Crippen molar-refractivity contribution in [2.75, 3.05) is 50.9 Å². The quantitative estimate of drug-likeness (QED) is 0.675. The maximum absolute atomic E-state index is 12.3. The number of alkyl halides is 1. The van der Waals surface area contributed by atoms with Crippen molar-refractivity contribution in [3.05, 3.63) is 35.9 Å². The van der Waals surface area contributed by atoms with E-state index in [2.05, 4.69) is 22.3 Å². The van der Waals surface area contributed by atoms with E-state index in [4.69, 9.17) is 11.6 Å². The van der Waals surface area contributed by atoms with E-state index >= 15 is 0 Å². The van der Waals surface area contributed by atoms with Gasteiger partial charge < -0.3 is 10.2 Å². The maximum Gasteiger partial charge on any atom is 0.234 e. The molecule has 0 unspecified atom stereocenters. The molecule has 0 bridgehead atoms. The van der Waals surface area contributed by atoms with Crippen LogP contribution < -0.4 is 5.32 Å². The molecule has 0 aromatic heterocycles. The number of halogens is 1. The Morgan fingerprint density at radius 1 is 1.12 bits per heavy atom. The van der Waals surface area contributed by atoms with Crippen molar-refractivity contribution in [3.63, 3.8) is 0 Å². The van der Waals surface area contributed by atoms with Crippen molar-refractivity contribution in [2.24, 2.45) is 0 Å². The number of benzene rings is 1. The standard InChI is InChI=1S/C16H24ClN3O3S/c17-14-16(21)18-7-13-24(22,23)20-11-9-19(10-12-20)8-6-15-4-2-1-3-5-15/h1-5H,6-14H2,(H,18,21). The molecule has 1 aliphatic heterocycles. The second-order valence-corrected chi connectivity index (χ2v) is 8.13. The predicted octanol–water partition coefficient (Wildman–Crippen LogP) is 0.532. The lowest BCUT2D eigenvalue weighted by atomic mass is 10.1. The topological polar surface area (TPSA) is 69.7 Å². The molecule has 1 amide bonds. The zero-order valence-corrected chi connectivity index (χ0v) is 15.2. The van der Waals surface area contributed by atoms with Crippen molar-refractivity contribution in [3.8, 4) is 0 Å². The van der Waals surface area contributed by atoms with Gasteiger partial charge in [-0.05, 0) is 12.0 Å². The second-order valence-electron chi connectivity index (χ2n) is 5.78. The first-order chi connectivity index (χ1) is 11.5. The van der Waals surface area contributed by atoms with Crippen LogP contribution in [0.3, 0.4) is 0 Å². The summed E-state index contributed by atoms with van der Waals surface area (Å²) in [5.41, 5.74) is 1.29. The zero-order chi connectivity index (χ0) is 17.4. The van der Waals surface area contributed by atoms with Gasteiger partial charge in [-0.15, -0.1) is 11.6 Å². The van der Waals surface area contributed by atoms with Gasteiger partial charge in [-0.3, -0.25) is 4.79 Å². The average molecular weight is 374 g/mol. The molecule has 0 aliphatic carbocycles. The Morgan fingerprint density at radius 3 is 2.42 bits per heavy atom. The number of hydrogen-bond donors (Lipinski definition) is 1. The van der Waals surface area contributed by atoms with E-state index in [1.165, 1.54) is 9.87 Å². The molecule has 1 heterocycles. The summed E-state index contributed by atoms with van der Waals surface area (Å²) in [6.07, 6.45) is 0.970. The lowest BCUT2D eigenvalue weighted by Gasteiger charge is -2.34. The van der Waals surface area contributed by atoms with E-state index in [9.17, 15) is 13.2 Å². The van der Waals surface area contributed by atoms with Gasteiger partial charge in [0, 0.05) is 39.3 Å². The largest absolute Gasteiger partial charge is 0.354 e. The molecule has 0 spiro atoms. The minimum atomic E-state index is -3.33. The number of hydrogen-bond acceptors (Lipinski definition) is 4. The molecular formula is C16H24ClN3O3S. The van der Waals surface area contributed by atoms with Crippen LogP contribution in [0.25, 0.3) is 0 Å². The van der Waals surface area contributed by atoms with Crippen LogP contribution in [0.4, 0.5) is 0 Å². The maximum atomic E-state index is 12.3. The van der Waals surface area contributed by atoms with Gasteiger partial charge in [-0.2, -0.15) is 4.31 Å². The zero-order valence-electron chi connectivity index (χ0n) is 13.7. The minimum absolute atomic E-state index is 0.0837. The van der Waals surface area contributed by atoms with Crippen molar-refractivity contribution in [1.29, 1.82) is 0 Å². The Balaban J connectivity index is 1.72. The van der Waals surface area contributed by atoms with E-state index in [-0.39, 0.29) is 24.1 Å². The van der Waals surface area contributed by atoms with Gasteiger partial charge in [-0.1, -0.05) is 30.3 Å². The minimum Gasteiger partial charge on any atom is -0.354 e. The highest BCUT2D eigenvalue weighted by atomic mass is 35.5. The molecule has 1 aliphatic rings. The summed E-state index contributed by atoms with van der Waals surface area (Å²) >= 11 is 5.36. The van der Waals surface area contributed by atoms with Crippen LogP contribution in [-0.2, 0) is 21.2 Å². The lowest BCUT2D eigenvalue weighted by molar-refractivity contribution is -0.118. The number of sulfonamides is 1. The van der Waals surface area contributed by atoms with Crippen LogP contribution in [0.15, 0.2) is 30.3 Å². The van der Waals surface area contributed by atoms with Crippen LogP contribution in [0, 0.1) is 0 Å². The van der Waals surface area contributed by atoms with Gasteiger partial charge >= 0.3 is 0 Å². The Kier molecular flexibility index (Phi) is 7.48. The van der Waals surface area contributed by atoms with Crippen LogP contribution >= 0.6 is 11.6 Å². The first kappa shape index (κ1) is 19.2. The number of rotatable bonds is 8. The lowest BCUT2D eigenvalue weighted by Crippen LogP contribution is -2.50. The fourth-order valence-corrected chi connectivity index (χ4v) is 4.09. The van der Waals surface area contributed by atoms with Crippen LogP contribution in [0.2, 0.25) is 0 Å². The summed E-state index contributed by atoms with van der Waals surface area (Å²) in [7, 11) is -3.33. The van der Waals surface area contributed by atoms with Gasteiger partial charge in [0.05, 0.1) is 5.75 Å². The van der Waals surface area contributed by atoms with E-state index in [0.29, 0.717) is 13.1 Å². The molecule has 0 atom stereocenters.